The summed E-state index contributed by atoms with van der Waals surface area (Å²) in [5.74, 6) is 0. The highest BCUT2D eigenvalue weighted by Gasteiger charge is 2.11. The number of rotatable bonds is 13. The van der Waals surface area contributed by atoms with Crippen molar-refractivity contribution in [1.29, 1.82) is 0 Å². The van der Waals surface area contributed by atoms with Crippen LogP contribution in [0.5, 0.6) is 0 Å². The third kappa shape index (κ3) is 8.22. The molecule has 4 nitrogen and oxygen atoms in total. The normalized spacial score (nSPS) is 13.9. The van der Waals surface area contributed by atoms with E-state index in [1.807, 2.05) is 13.1 Å². The van der Waals surface area contributed by atoms with E-state index in [-0.39, 0.29) is 6.10 Å². The summed E-state index contributed by atoms with van der Waals surface area (Å²) in [6.07, 6.45) is 6.49. The second kappa shape index (κ2) is 12.4. The molecular formula is C20H36N2O2. The Hall–Kier alpha value is -0.970. The Morgan fingerprint density at radius 1 is 1.17 bits per heavy atom. The van der Waals surface area contributed by atoms with E-state index in [9.17, 15) is 0 Å². The van der Waals surface area contributed by atoms with Crippen LogP contribution in [0, 0.1) is 6.92 Å². The van der Waals surface area contributed by atoms with Crippen LogP contribution in [-0.4, -0.2) is 36.9 Å². The quantitative estimate of drug-likeness (QED) is 0.552. The van der Waals surface area contributed by atoms with E-state index >= 15 is 0 Å². The van der Waals surface area contributed by atoms with Gasteiger partial charge in [-0.1, -0.05) is 27.2 Å². The number of pyridine rings is 1. The van der Waals surface area contributed by atoms with Gasteiger partial charge in [-0.25, -0.2) is 0 Å². The van der Waals surface area contributed by atoms with Crippen LogP contribution in [0.1, 0.15) is 63.8 Å². The fraction of sp³-hybridized carbons (Fsp3) is 0.750. The first-order valence-electron chi connectivity index (χ1n) is 9.47. The standard InChI is InChI=1S/C20H36N2O2/c1-6-9-18-11-16(4)21-12-19(18)15-24-20(8-3)13-22-17(5)14-23-10-7-2/h11-12,17,20,22H,6-10,13-15H2,1-5H3. The summed E-state index contributed by atoms with van der Waals surface area (Å²) in [7, 11) is 0. The summed E-state index contributed by atoms with van der Waals surface area (Å²) >= 11 is 0. The average Bonchev–Trinajstić information content (AvgIpc) is 2.57. The number of hydrogen-bond donors (Lipinski definition) is 1. The zero-order valence-corrected chi connectivity index (χ0v) is 16.2. The lowest BCUT2D eigenvalue weighted by Crippen LogP contribution is -2.37. The number of ether oxygens (including phenoxy) is 2. The summed E-state index contributed by atoms with van der Waals surface area (Å²) < 4.78 is 11.7. The molecule has 0 radical (unpaired) electrons. The smallest absolute Gasteiger partial charge is 0.0738 e. The highest BCUT2D eigenvalue weighted by atomic mass is 16.5. The molecule has 1 rings (SSSR count). The van der Waals surface area contributed by atoms with Crippen molar-refractivity contribution >= 4 is 0 Å². The van der Waals surface area contributed by atoms with Gasteiger partial charge in [0.25, 0.3) is 0 Å². The van der Waals surface area contributed by atoms with Gasteiger partial charge in [0.05, 0.1) is 19.3 Å². The van der Waals surface area contributed by atoms with Crippen molar-refractivity contribution in [2.24, 2.45) is 0 Å². The lowest BCUT2D eigenvalue weighted by molar-refractivity contribution is 0.0327. The molecule has 2 atom stereocenters. The first-order chi connectivity index (χ1) is 11.6. The minimum Gasteiger partial charge on any atom is -0.380 e. The Morgan fingerprint density at radius 2 is 1.96 bits per heavy atom. The minimum atomic E-state index is 0.217. The molecule has 1 heterocycles. The van der Waals surface area contributed by atoms with E-state index in [0.717, 1.165) is 51.1 Å². The van der Waals surface area contributed by atoms with Crippen molar-refractivity contribution in [2.75, 3.05) is 19.8 Å². The lowest BCUT2D eigenvalue weighted by Gasteiger charge is -2.21. The van der Waals surface area contributed by atoms with Crippen molar-refractivity contribution < 1.29 is 9.47 Å². The van der Waals surface area contributed by atoms with Crippen LogP contribution in [0.4, 0.5) is 0 Å². The van der Waals surface area contributed by atoms with Gasteiger partial charge in [-0.3, -0.25) is 4.98 Å². The van der Waals surface area contributed by atoms with Crippen LogP contribution in [0.25, 0.3) is 0 Å². The number of hydrogen-bond acceptors (Lipinski definition) is 4. The largest absolute Gasteiger partial charge is 0.380 e. The van der Waals surface area contributed by atoms with Crippen molar-refractivity contribution in [3.63, 3.8) is 0 Å². The molecule has 1 aromatic heterocycles. The molecule has 4 heteroatoms. The molecule has 0 aromatic carbocycles. The molecule has 1 aromatic rings. The number of aromatic nitrogens is 1. The van der Waals surface area contributed by atoms with Crippen LogP contribution in [-0.2, 0) is 22.5 Å². The van der Waals surface area contributed by atoms with Crippen LogP contribution in [0.2, 0.25) is 0 Å². The van der Waals surface area contributed by atoms with Gasteiger partial charge in [0.1, 0.15) is 0 Å². The summed E-state index contributed by atoms with van der Waals surface area (Å²) in [5.41, 5.74) is 3.67. The van der Waals surface area contributed by atoms with E-state index in [0.29, 0.717) is 12.6 Å². The molecule has 0 saturated carbocycles. The van der Waals surface area contributed by atoms with Crippen LogP contribution >= 0.6 is 0 Å². The average molecular weight is 337 g/mol. The maximum absolute atomic E-state index is 6.14. The molecule has 0 amide bonds. The molecule has 0 spiro atoms. The van der Waals surface area contributed by atoms with Crippen LogP contribution in [0.3, 0.4) is 0 Å². The summed E-state index contributed by atoms with van der Waals surface area (Å²) in [5, 5.41) is 3.51. The van der Waals surface area contributed by atoms with Gasteiger partial charge in [0.2, 0.25) is 0 Å². The molecule has 0 bridgehead atoms. The second-order valence-corrected chi connectivity index (χ2v) is 6.57. The fourth-order valence-electron chi connectivity index (χ4n) is 2.60. The Kier molecular flexibility index (Phi) is 10.9. The SMILES string of the molecule is CCCOCC(C)NCC(CC)OCc1cnc(C)cc1CCC. The molecule has 24 heavy (non-hydrogen) atoms. The van der Waals surface area contributed by atoms with Crippen molar-refractivity contribution in [2.45, 2.75) is 79.1 Å². The number of nitrogens with one attached hydrogen (secondary N) is 1. The van der Waals surface area contributed by atoms with Crippen molar-refractivity contribution in [1.82, 2.24) is 10.3 Å². The van der Waals surface area contributed by atoms with Gasteiger partial charge >= 0.3 is 0 Å². The van der Waals surface area contributed by atoms with E-state index in [2.05, 4.69) is 44.1 Å². The first-order valence-corrected chi connectivity index (χ1v) is 9.47. The van der Waals surface area contributed by atoms with Crippen molar-refractivity contribution in [3.8, 4) is 0 Å². The molecule has 138 valence electrons. The zero-order valence-electron chi connectivity index (χ0n) is 16.2. The van der Waals surface area contributed by atoms with Gasteiger partial charge < -0.3 is 14.8 Å². The number of nitrogens with zero attached hydrogens (tertiary/aromatic N) is 1. The molecule has 0 fully saturated rings. The highest BCUT2D eigenvalue weighted by Crippen LogP contribution is 2.14. The van der Waals surface area contributed by atoms with Crippen LogP contribution in [0.15, 0.2) is 12.3 Å². The van der Waals surface area contributed by atoms with Crippen molar-refractivity contribution in [3.05, 3.63) is 29.1 Å². The predicted molar refractivity (Wildman–Crippen MR) is 100 cm³/mol. The molecule has 1 N–H and O–H groups in total. The van der Waals surface area contributed by atoms with Gasteiger partial charge in [-0.05, 0) is 50.3 Å². The Labute approximate surface area is 148 Å². The fourth-order valence-corrected chi connectivity index (χ4v) is 2.60. The van der Waals surface area contributed by atoms with E-state index in [4.69, 9.17) is 9.47 Å². The monoisotopic (exact) mass is 336 g/mol. The van der Waals surface area contributed by atoms with E-state index < -0.39 is 0 Å². The van der Waals surface area contributed by atoms with Gasteiger partial charge in [0, 0.05) is 31.1 Å². The highest BCUT2D eigenvalue weighted by molar-refractivity contribution is 5.26. The lowest BCUT2D eigenvalue weighted by atomic mass is 10.1. The third-order valence-electron chi connectivity index (χ3n) is 4.08. The molecule has 0 aliphatic carbocycles. The summed E-state index contributed by atoms with van der Waals surface area (Å²) in [6, 6.07) is 2.54. The maximum atomic E-state index is 6.14. The molecule has 0 saturated heterocycles. The molecular weight excluding hydrogens is 300 g/mol. The predicted octanol–water partition coefficient (Wildman–Crippen LogP) is 4.04. The zero-order chi connectivity index (χ0) is 17.8. The van der Waals surface area contributed by atoms with Gasteiger partial charge in [-0.2, -0.15) is 0 Å². The first kappa shape index (κ1) is 21.1. The van der Waals surface area contributed by atoms with E-state index in [1.165, 1.54) is 11.1 Å². The topological polar surface area (TPSA) is 43.4 Å². The maximum Gasteiger partial charge on any atom is 0.0738 e. The Morgan fingerprint density at radius 3 is 2.62 bits per heavy atom. The molecule has 2 unspecified atom stereocenters. The number of aryl methyl sites for hydroxylation is 2. The molecule has 0 aliphatic heterocycles. The Balaban J connectivity index is 2.43. The van der Waals surface area contributed by atoms with Gasteiger partial charge in [-0.15, -0.1) is 0 Å². The van der Waals surface area contributed by atoms with Crippen LogP contribution < -0.4 is 5.32 Å². The van der Waals surface area contributed by atoms with Gasteiger partial charge in [0.15, 0.2) is 0 Å². The molecule has 0 aliphatic rings. The third-order valence-corrected chi connectivity index (χ3v) is 4.08. The minimum absolute atomic E-state index is 0.217. The second-order valence-electron chi connectivity index (χ2n) is 6.57. The summed E-state index contributed by atoms with van der Waals surface area (Å²) in [6.45, 7) is 13.8. The Bertz CT molecular complexity index is 451. The summed E-state index contributed by atoms with van der Waals surface area (Å²) in [4.78, 5) is 4.43. The van der Waals surface area contributed by atoms with E-state index in [1.54, 1.807) is 0 Å².